The van der Waals surface area contributed by atoms with E-state index in [9.17, 15) is 4.79 Å². The van der Waals surface area contributed by atoms with Gasteiger partial charge in [0.2, 0.25) is 0 Å². The molecular weight excluding hydrogens is 292 g/mol. The molecule has 1 aromatic carbocycles. The molecule has 1 aliphatic rings. The van der Waals surface area contributed by atoms with Crippen LogP contribution in [0.15, 0.2) is 35.5 Å². The second-order valence-electron chi connectivity index (χ2n) is 5.10. The molecule has 1 fully saturated rings. The van der Waals surface area contributed by atoms with Gasteiger partial charge in [-0.05, 0) is 49.9 Å². The standard InChI is InChI=1S/C17H14N4O2/c18-9-13(10-19)16(11-20)21-14-7-5-12(6-8-14)17(22)23-15-3-1-2-4-15/h5-8,15,21H,1-4H2. The Morgan fingerprint density at radius 3 is 2.17 bits per heavy atom. The van der Waals surface area contributed by atoms with Gasteiger partial charge in [0.25, 0.3) is 0 Å². The van der Waals surface area contributed by atoms with Crippen LogP contribution in [0.3, 0.4) is 0 Å². The molecule has 1 N–H and O–H groups in total. The summed E-state index contributed by atoms with van der Waals surface area (Å²) in [5.41, 5.74) is 0.501. The first-order chi connectivity index (χ1) is 11.2. The van der Waals surface area contributed by atoms with Crippen LogP contribution in [-0.2, 0) is 4.74 Å². The van der Waals surface area contributed by atoms with Crippen molar-refractivity contribution in [2.75, 3.05) is 5.32 Å². The van der Waals surface area contributed by atoms with Gasteiger partial charge < -0.3 is 10.1 Å². The molecule has 0 aromatic heterocycles. The molecule has 1 aliphatic carbocycles. The number of ether oxygens (including phenoxy) is 1. The van der Waals surface area contributed by atoms with Gasteiger partial charge >= 0.3 is 5.97 Å². The molecule has 0 amide bonds. The highest BCUT2D eigenvalue weighted by Crippen LogP contribution is 2.22. The molecule has 0 spiro atoms. The van der Waals surface area contributed by atoms with E-state index in [1.54, 1.807) is 42.5 Å². The summed E-state index contributed by atoms with van der Waals surface area (Å²) in [4.78, 5) is 12.0. The summed E-state index contributed by atoms with van der Waals surface area (Å²) in [6.07, 6.45) is 4.00. The average molecular weight is 306 g/mol. The minimum atomic E-state index is -0.366. The fourth-order valence-electron chi connectivity index (χ4n) is 2.34. The third-order valence-electron chi connectivity index (χ3n) is 3.55. The van der Waals surface area contributed by atoms with Crippen molar-refractivity contribution in [2.24, 2.45) is 0 Å². The monoisotopic (exact) mass is 306 g/mol. The van der Waals surface area contributed by atoms with Crippen LogP contribution < -0.4 is 5.32 Å². The molecule has 0 aliphatic heterocycles. The normalized spacial score (nSPS) is 13.3. The zero-order valence-corrected chi connectivity index (χ0v) is 12.4. The number of nitriles is 3. The lowest BCUT2D eigenvalue weighted by Crippen LogP contribution is -2.14. The molecule has 0 unspecified atom stereocenters. The second-order valence-corrected chi connectivity index (χ2v) is 5.10. The number of nitrogens with one attached hydrogen (secondary N) is 1. The lowest BCUT2D eigenvalue weighted by Gasteiger charge is -2.11. The summed E-state index contributed by atoms with van der Waals surface area (Å²) < 4.78 is 5.41. The summed E-state index contributed by atoms with van der Waals surface area (Å²) in [6.45, 7) is 0. The highest BCUT2D eigenvalue weighted by molar-refractivity contribution is 5.90. The summed E-state index contributed by atoms with van der Waals surface area (Å²) in [5, 5.41) is 29.2. The van der Waals surface area contributed by atoms with E-state index in [1.165, 1.54) is 0 Å². The first kappa shape index (κ1) is 16.1. The molecule has 6 heteroatoms. The number of carbonyl (C=O) groups excluding carboxylic acids is 1. The molecule has 114 valence electrons. The lowest BCUT2D eigenvalue weighted by molar-refractivity contribution is 0.0318. The number of nitrogens with zero attached hydrogens (tertiary/aromatic N) is 3. The van der Waals surface area contributed by atoms with Crippen molar-refractivity contribution in [1.29, 1.82) is 15.8 Å². The lowest BCUT2D eigenvalue weighted by atomic mass is 10.2. The molecule has 2 rings (SSSR count). The number of rotatable bonds is 4. The quantitative estimate of drug-likeness (QED) is 0.676. The Hall–Kier alpha value is -3.30. The van der Waals surface area contributed by atoms with Crippen LogP contribution in [0.4, 0.5) is 5.69 Å². The minimum absolute atomic E-state index is 0.00208. The molecule has 6 nitrogen and oxygen atoms in total. The maximum Gasteiger partial charge on any atom is 0.338 e. The number of anilines is 1. The highest BCUT2D eigenvalue weighted by Gasteiger charge is 2.20. The van der Waals surface area contributed by atoms with Crippen LogP contribution >= 0.6 is 0 Å². The number of esters is 1. The van der Waals surface area contributed by atoms with Gasteiger partial charge in [-0.3, -0.25) is 0 Å². The van der Waals surface area contributed by atoms with E-state index in [0.29, 0.717) is 11.3 Å². The van der Waals surface area contributed by atoms with E-state index in [4.69, 9.17) is 20.5 Å². The summed E-state index contributed by atoms with van der Waals surface area (Å²) in [7, 11) is 0. The van der Waals surface area contributed by atoms with Crippen LogP contribution in [0.5, 0.6) is 0 Å². The van der Waals surface area contributed by atoms with Crippen molar-refractivity contribution < 1.29 is 9.53 Å². The Bertz CT molecular complexity index is 723. The van der Waals surface area contributed by atoms with Gasteiger partial charge in [-0.15, -0.1) is 0 Å². The van der Waals surface area contributed by atoms with Crippen LogP contribution in [0.2, 0.25) is 0 Å². The van der Waals surface area contributed by atoms with E-state index in [-0.39, 0.29) is 23.3 Å². The fraction of sp³-hybridized carbons (Fsp3) is 0.294. The van der Waals surface area contributed by atoms with Gasteiger partial charge in [0.05, 0.1) is 5.56 Å². The molecule has 1 aromatic rings. The Balaban J connectivity index is 2.06. The predicted octanol–water partition coefficient (Wildman–Crippen LogP) is 3.02. The molecule has 0 atom stereocenters. The third kappa shape index (κ3) is 4.09. The Labute approximate surface area is 134 Å². The van der Waals surface area contributed by atoms with E-state index in [0.717, 1.165) is 25.7 Å². The van der Waals surface area contributed by atoms with Crippen LogP contribution in [-0.4, -0.2) is 12.1 Å². The second kappa shape index (κ2) is 7.64. The SMILES string of the molecule is N#CC(C#N)=C(C#N)Nc1ccc(C(=O)OC2CCCC2)cc1. The van der Waals surface area contributed by atoms with Gasteiger partial charge in [-0.1, -0.05) is 0 Å². The molecule has 0 saturated heterocycles. The Morgan fingerprint density at radius 1 is 1.04 bits per heavy atom. The van der Waals surface area contributed by atoms with Crippen molar-refractivity contribution in [2.45, 2.75) is 31.8 Å². The van der Waals surface area contributed by atoms with Crippen LogP contribution in [0.1, 0.15) is 36.0 Å². The molecule has 0 radical (unpaired) electrons. The zero-order valence-electron chi connectivity index (χ0n) is 12.4. The van der Waals surface area contributed by atoms with Crippen LogP contribution in [0.25, 0.3) is 0 Å². The van der Waals surface area contributed by atoms with Gasteiger partial charge in [0.15, 0.2) is 5.57 Å². The van der Waals surface area contributed by atoms with Crippen molar-refractivity contribution in [3.05, 3.63) is 41.1 Å². The van der Waals surface area contributed by atoms with Crippen molar-refractivity contribution in [1.82, 2.24) is 0 Å². The molecule has 0 bridgehead atoms. The van der Waals surface area contributed by atoms with Crippen molar-refractivity contribution in [3.8, 4) is 18.2 Å². The third-order valence-corrected chi connectivity index (χ3v) is 3.55. The minimum Gasteiger partial charge on any atom is -0.459 e. The number of allylic oxidation sites excluding steroid dienone is 2. The predicted molar refractivity (Wildman–Crippen MR) is 81.6 cm³/mol. The number of hydrogen-bond acceptors (Lipinski definition) is 6. The number of benzene rings is 1. The van der Waals surface area contributed by atoms with E-state index < -0.39 is 0 Å². The van der Waals surface area contributed by atoms with Gasteiger partial charge in [-0.2, -0.15) is 15.8 Å². The molecule has 1 saturated carbocycles. The Kier molecular flexibility index (Phi) is 5.34. The average Bonchev–Trinajstić information content (AvgIpc) is 3.08. The largest absolute Gasteiger partial charge is 0.459 e. The fourth-order valence-corrected chi connectivity index (χ4v) is 2.34. The maximum atomic E-state index is 12.0. The number of hydrogen-bond donors (Lipinski definition) is 1. The highest BCUT2D eigenvalue weighted by atomic mass is 16.5. The molecule has 0 heterocycles. The topological polar surface area (TPSA) is 110 Å². The van der Waals surface area contributed by atoms with Gasteiger partial charge in [-0.25, -0.2) is 4.79 Å². The smallest absolute Gasteiger partial charge is 0.338 e. The van der Waals surface area contributed by atoms with E-state index >= 15 is 0 Å². The first-order valence-corrected chi connectivity index (χ1v) is 7.20. The Morgan fingerprint density at radius 2 is 1.65 bits per heavy atom. The van der Waals surface area contributed by atoms with Crippen LogP contribution in [0, 0.1) is 34.0 Å². The van der Waals surface area contributed by atoms with Crippen molar-refractivity contribution >= 4 is 11.7 Å². The zero-order chi connectivity index (χ0) is 16.7. The summed E-state index contributed by atoms with van der Waals surface area (Å²) in [6, 6.07) is 11.4. The maximum absolute atomic E-state index is 12.0. The van der Waals surface area contributed by atoms with E-state index in [1.807, 2.05) is 0 Å². The summed E-state index contributed by atoms with van der Waals surface area (Å²) in [5.74, 6) is -0.366. The summed E-state index contributed by atoms with van der Waals surface area (Å²) >= 11 is 0. The molecule has 23 heavy (non-hydrogen) atoms. The van der Waals surface area contributed by atoms with Crippen molar-refractivity contribution in [3.63, 3.8) is 0 Å². The first-order valence-electron chi connectivity index (χ1n) is 7.20. The van der Waals surface area contributed by atoms with Gasteiger partial charge in [0, 0.05) is 5.69 Å². The number of carbonyl (C=O) groups is 1. The van der Waals surface area contributed by atoms with Gasteiger partial charge in [0.1, 0.15) is 30.0 Å². The molecular formula is C17H14N4O2. The van der Waals surface area contributed by atoms with E-state index in [2.05, 4.69) is 5.32 Å².